The number of fused-ring (bicyclic) bond motifs is 1. The lowest BCUT2D eigenvalue weighted by atomic mass is 9.98. The van der Waals surface area contributed by atoms with Crippen LogP contribution in [0.2, 0.25) is 0 Å². The van der Waals surface area contributed by atoms with Crippen molar-refractivity contribution in [3.8, 4) is 23.0 Å². The molecular formula is C34H34N4O5. The molecule has 0 saturated carbocycles. The van der Waals surface area contributed by atoms with Crippen LogP contribution in [0, 0.1) is 0 Å². The Morgan fingerprint density at radius 1 is 0.814 bits per heavy atom. The quantitative estimate of drug-likeness (QED) is 0.224. The van der Waals surface area contributed by atoms with Crippen molar-refractivity contribution in [2.24, 2.45) is 0 Å². The summed E-state index contributed by atoms with van der Waals surface area (Å²) in [7, 11) is 4.69. The van der Waals surface area contributed by atoms with Gasteiger partial charge in [-0.25, -0.2) is 9.78 Å². The Hall–Kier alpha value is -5.02. The van der Waals surface area contributed by atoms with E-state index in [0.717, 1.165) is 60.0 Å². The van der Waals surface area contributed by atoms with Crippen LogP contribution in [0.1, 0.15) is 27.5 Å². The third-order valence-electron chi connectivity index (χ3n) is 7.78. The van der Waals surface area contributed by atoms with E-state index in [2.05, 4.69) is 39.0 Å². The number of nitrogens with one attached hydrogen (secondary N) is 1. The van der Waals surface area contributed by atoms with E-state index >= 15 is 0 Å². The Kier molecular flexibility index (Phi) is 8.15. The van der Waals surface area contributed by atoms with Gasteiger partial charge in [0.25, 0.3) is 0 Å². The first kappa shape index (κ1) is 28.1. The number of carbonyl (C=O) groups excluding carboxylic acids is 1. The van der Waals surface area contributed by atoms with Crippen molar-refractivity contribution in [1.29, 1.82) is 0 Å². The largest absolute Gasteiger partial charge is 0.497 e. The number of ether oxygens (including phenoxy) is 4. The molecule has 1 N–H and O–H groups in total. The van der Waals surface area contributed by atoms with Crippen LogP contribution in [0.15, 0.2) is 91.3 Å². The van der Waals surface area contributed by atoms with Gasteiger partial charge in [0.1, 0.15) is 28.3 Å². The van der Waals surface area contributed by atoms with Crippen molar-refractivity contribution in [3.05, 3.63) is 108 Å². The van der Waals surface area contributed by atoms with Gasteiger partial charge in [-0.05, 0) is 59.7 Å². The summed E-state index contributed by atoms with van der Waals surface area (Å²) in [5.41, 5.74) is 5.03. The molecule has 220 valence electrons. The molecule has 4 aromatic carbocycles. The highest BCUT2D eigenvalue weighted by molar-refractivity contribution is 5.93. The maximum Gasteiger partial charge on any atom is 0.341 e. The summed E-state index contributed by atoms with van der Waals surface area (Å²) in [5.74, 6) is 2.08. The molecule has 9 heteroatoms. The number of aromatic nitrogens is 2. The Labute approximate surface area is 250 Å². The van der Waals surface area contributed by atoms with Gasteiger partial charge >= 0.3 is 5.97 Å². The summed E-state index contributed by atoms with van der Waals surface area (Å²) in [5, 5.41) is 3.37. The molecule has 1 saturated heterocycles. The van der Waals surface area contributed by atoms with Crippen LogP contribution in [0.3, 0.4) is 0 Å². The normalized spacial score (nSPS) is 13.3. The molecule has 0 atom stereocenters. The van der Waals surface area contributed by atoms with Gasteiger partial charge in [0, 0.05) is 37.9 Å². The number of carbonyl (C=O) groups is 1. The molecule has 2 heterocycles. The van der Waals surface area contributed by atoms with E-state index in [1.807, 2.05) is 60.9 Å². The summed E-state index contributed by atoms with van der Waals surface area (Å²) in [6.07, 6.45) is 1.83. The van der Waals surface area contributed by atoms with Crippen LogP contribution in [0.4, 0.5) is 5.69 Å². The van der Waals surface area contributed by atoms with E-state index in [0.29, 0.717) is 22.6 Å². The average Bonchev–Trinajstić information content (AvgIpc) is 3.50. The van der Waals surface area contributed by atoms with Crippen LogP contribution < -0.4 is 24.4 Å². The summed E-state index contributed by atoms with van der Waals surface area (Å²) < 4.78 is 24.5. The lowest BCUT2D eigenvalue weighted by Crippen LogP contribution is -2.43. The van der Waals surface area contributed by atoms with Gasteiger partial charge in [-0.3, -0.25) is 0 Å². The smallest absolute Gasteiger partial charge is 0.341 e. The van der Waals surface area contributed by atoms with Gasteiger partial charge in [-0.15, -0.1) is 0 Å². The van der Waals surface area contributed by atoms with Gasteiger partial charge in [0.2, 0.25) is 0 Å². The maximum atomic E-state index is 12.7. The van der Waals surface area contributed by atoms with Crippen LogP contribution in [0.5, 0.6) is 23.0 Å². The third kappa shape index (κ3) is 5.72. The number of hydrogen-bond acceptors (Lipinski definition) is 8. The minimum Gasteiger partial charge on any atom is -0.497 e. The van der Waals surface area contributed by atoms with E-state index in [-0.39, 0.29) is 6.04 Å². The average molecular weight is 579 g/mol. The van der Waals surface area contributed by atoms with E-state index in [9.17, 15) is 4.79 Å². The number of benzene rings is 4. The van der Waals surface area contributed by atoms with Crippen LogP contribution >= 0.6 is 0 Å². The fourth-order valence-electron chi connectivity index (χ4n) is 5.52. The molecule has 0 bridgehead atoms. The molecule has 0 unspecified atom stereocenters. The molecule has 5 aromatic rings. The van der Waals surface area contributed by atoms with Crippen molar-refractivity contribution in [2.75, 3.05) is 52.4 Å². The second kappa shape index (κ2) is 12.5. The SMILES string of the molecule is COC(=O)c1ccc(N2CCNCC2)cc1Oc1cccc2c1ncn2C(c1ccc(OC)cc1)c1ccc(OC)cc1. The number of imidazole rings is 1. The number of nitrogens with zero attached hydrogens (tertiary/aromatic N) is 3. The fraction of sp³-hybridized carbons (Fsp3) is 0.235. The molecule has 0 aliphatic carbocycles. The lowest BCUT2D eigenvalue weighted by molar-refractivity contribution is 0.0598. The molecular weight excluding hydrogens is 544 g/mol. The zero-order valence-electron chi connectivity index (χ0n) is 24.4. The lowest BCUT2D eigenvalue weighted by Gasteiger charge is -2.30. The first-order valence-corrected chi connectivity index (χ1v) is 14.2. The number of piperazine rings is 1. The second-order valence-corrected chi connectivity index (χ2v) is 10.2. The molecule has 43 heavy (non-hydrogen) atoms. The van der Waals surface area contributed by atoms with Gasteiger partial charge in [0.15, 0.2) is 5.75 Å². The summed E-state index contributed by atoms with van der Waals surface area (Å²) in [4.78, 5) is 19.8. The van der Waals surface area contributed by atoms with Crippen LogP contribution in [-0.2, 0) is 4.74 Å². The topological polar surface area (TPSA) is 87.1 Å². The molecule has 1 fully saturated rings. The second-order valence-electron chi connectivity index (χ2n) is 10.2. The summed E-state index contributed by atoms with van der Waals surface area (Å²) >= 11 is 0. The molecule has 0 radical (unpaired) electrons. The molecule has 9 nitrogen and oxygen atoms in total. The Morgan fingerprint density at radius 3 is 2.07 bits per heavy atom. The number of hydrogen-bond donors (Lipinski definition) is 1. The van der Waals surface area contributed by atoms with Crippen molar-refractivity contribution in [2.45, 2.75) is 6.04 Å². The minimum absolute atomic E-state index is 0.182. The van der Waals surface area contributed by atoms with Crippen molar-refractivity contribution >= 4 is 22.7 Å². The van der Waals surface area contributed by atoms with Gasteiger partial charge in [-0.2, -0.15) is 0 Å². The minimum atomic E-state index is -0.460. The zero-order chi connectivity index (χ0) is 29.8. The fourth-order valence-corrected chi connectivity index (χ4v) is 5.52. The number of rotatable bonds is 9. The predicted octanol–water partition coefficient (Wildman–Crippen LogP) is 5.68. The first-order valence-electron chi connectivity index (χ1n) is 14.2. The molecule has 6 rings (SSSR count). The predicted molar refractivity (Wildman–Crippen MR) is 166 cm³/mol. The van der Waals surface area contributed by atoms with E-state index in [1.165, 1.54) is 7.11 Å². The van der Waals surface area contributed by atoms with E-state index < -0.39 is 5.97 Å². The Morgan fingerprint density at radius 2 is 1.47 bits per heavy atom. The molecule has 0 spiro atoms. The van der Waals surface area contributed by atoms with E-state index in [4.69, 9.17) is 23.9 Å². The number of anilines is 1. The maximum absolute atomic E-state index is 12.7. The van der Waals surface area contributed by atoms with Crippen LogP contribution in [0.25, 0.3) is 11.0 Å². The molecule has 0 amide bonds. The molecule has 1 aliphatic heterocycles. The van der Waals surface area contributed by atoms with E-state index in [1.54, 1.807) is 20.3 Å². The summed E-state index contributed by atoms with van der Waals surface area (Å²) in [6, 6.07) is 27.3. The van der Waals surface area contributed by atoms with Crippen molar-refractivity contribution in [3.63, 3.8) is 0 Å². The summed E-state index contributed by atoms with van der Waals surface area (Å²) in [6.45, 7) is 3.54. The highest BCUT2D eigenvalue weighted by Crippen LogP contribution is 2.37. The third-order valence-corrected chi connectivity index (χ3v) is 7.78. The molecule has 1 aromatic heterocycles. The number of methoxy groups -OCH3 is 3. The number of esters is 1. The highest BCUT2D eigenvalue weighted by atomic mass is 16.5. The zero-order valence-corrected chi connectivity index (χ0v) is 24.4. The molecule has 1 aliphatic rings. The van der Waals surface area contributed by atoms with Crippen molar-refractivity contribution < 1.29 is 23.7 Å². The number of para-hydroxylation sites is 1. The van der Waals surface area contributed by atoms with Crippen LogP contribution in [-0.4, -0.2) is 63.0 Å². The van der Waals surface area contributed by atoms with Gasteiger partial charge in [0.05, 0.1) is 39.2 Å². The monoisotopic (exact) mass is 578 g/mol. The first-order chi connectivity index (χ1) is 21.1. The van der Waals surface area contributed by atoms with Gasteiger partial charge in [-0.1, -0.05) is 30.3 Å². The highest BCUT2D eigenvalue weighted by Gasteiger charge is 2.23. The standard InChI is InChI=1S/C34H34N4O5/c1-40-26-12-7-23(8-13-26)33(24-9-14-27(41-2)15-10-24)38-22-36-32-29(38)5-4-6-30(32)43-31-21-25(37-19-17-35-18-20-37)11-16-28(31)34(39)42-3/h4-16,21-22,33,35H,17-20H2,1-3H3. The Balaban J connectivity index is 1.42. The van der Waals surface area contributed by atoms with Gasteiger partial charge < -0.3 is 33.7 Å². The van der Waals surface area contributed by atoms with Crippen molar-refractivity contribution in [1.82, 2.24) is 14.9 Å². The Bertz CT molecular complexity index is 1660.